The second-order valence-electron chi connectivity index (χ2n) is 7.47. The van der Waals surface area contributed by atoms with Gasteiger partial charge >= 0.3 is 0 Å². The van der Waals surface area contributed by atoms with E-state index in [4.69, 9.17) is 16.3 Å². The molecule has 1 fully saturated rings. The lowest BCUT2D eigenvalue weighted by Gasteiger charge is -2.29. The van der Waals surface area contributed by atoms with Gasteiger partial charge in [0.1, 0.15) is 12.1 Å². The van der Waals surface area contributed by atoms with E-state index in [1.807, 2.05) is 12.1 Å². The van der Waals surface area contributed by atoms with E-state index in [1.165, 1.54) is 22.2 Å². The lowest BCUT2D eigenvalue weighted by molar-refractivity contribution is -0.119. The van der Waals surface area contributed by atoms with E-state index in [9.17, 15) is 9.59 Å². The number of aryl methyl sites for hydroxylation is 1. The number of rotatable bonds is 6. The van der Waals surface area contributed by atoms with Gasteiger partial charge in [0.15, 0.2) is 5.13 Å². The quantitative estimate of drug-likeness (QED) is 0.561. The molecule has 31 heavy (non-hydrogen) atoms. The number of aromatic nitrogens is 3. The van der Waals surface area contributed by atoms with Crippen molar-refractivity contribution in [3.8, 4) is 0 Å². The Kier molecular flexibility index (Phi) is 6.66. The number of fused-ring (bicyclic) bond motifs is 1. The van der Waals surface area contributed by atoms with Crippen LogP contribution in [0.3, 0.4) is 0 Å². The number of nitrogens with zero attached hydrogens (tertiary/aromatic N) is 5. The standard InChI is InChI=1S/C21H24ClN5O3S/c1-14-15(2)23-13-26(20(14)29)12-18(28)27(7-6-25-8-10-30-11-9-25)21-24-19-16(22)4-3-5-17(19)31-21/h3-5,13H,6-12H2,1-2H3. The molecule has 3 heterocycles. The third kappa shape index (κ3) is 4.79. The van der Waals surface area contributed by atoms with Crippen LogP contribution in [-0.2, 0) is 16.1 Å². The number of amides is 1. The van der Waals surface area contributed by atoms with E-state index in [2.05, 4.69) is 14.9 Å². The first-order valence-electron chi connectivity index (χ1n) is 10.1. The summed E-state index contributed by atoms with van der Waals surface area (Å²) in [6.45, 7) is 7.59. The van der Waals surface area contributed by atoms with Crippen LogP contribution >= 0.6 is 22.9 Å². The van der Waals surface area contributed by atoms with E-state index in [1.54, 1.807) is 24.8 Å². The van der Waals surface area contributed by atoms with Crippen LogP contribution in [0.25, 0.3) is 10.2 Å². The number of carbonyl (C=O) groups excluding carboxylic acids is 1. The molecule has 1 aliphatic rings. The molecule has 3 aromatic rings. The SMILES string of the molecule is Cc1ncn(CC(=O)N(CCN2CCOCC2)c2nc3c(Cl)cccc3s2)c(=O)c1C. The summed E-state index contributed by atoms with van der Waals surface area (Å²) in [6, 6.07) is 5.59. The van der Waals surface area contributed by atoms with Crippen LogP contribution in [0, 0.1) is 13.8 Å². The van der Waals surface area contributed by atoms with Gasteiger partial charge in [-0.2, -0.15) is 0 Å². The zero-order chi connectivity index (χ0) is 22.0. The summed E-state index contributed by atoms with van der Waals surface area (Å²) in [6.07, 6.45) is 1.43. The van der Waals surface area contributed by atoms with Gasteiger partial charge in [-0.05, 0) is 26.0 Å². The largest absolute Gasteiger partial charge is 0.379 e. The molecule has 0 bridgehead atoms. The maximum absolute atomic E-state index is 13.3. The molecule has 0 saturated carbocycles. The van der Waals surface area contributed by atoms with Crippen molar-refractivity contribution in [3.05, 3.63) is 51.2 Å². The summed E-state index contributed by atoms with van der Waals surface area (Å²) in [7, 11) is 0. The number of ether oxygens (including phenoxy) is 1. The number of hydrogen-bond donors (Lipinski definition) is 0. The predicted molar refractivity (Wildman–Crippen MR) is 122 cm³/mol. The van der Waals surface area contributed by atoms with Crippen LogP contribution < -0.4 is 10.5 Å². The molecule has 0 radical (unpaired) electrons. The van der Waals surface area contributed by atoms with Gasteiger partial charge in [0.25, 0.3) is 5.56 Å². The van der Waals surface area contributed by atoms with Gasteiger partial charge in [-0.25, -0.2) is 9.97 Å². The van der Waals surface area contributed by atoms with Crippen molar-refractivity contribution >= 4 is 44.2 Å². The first kappa shape index (κ1) is 21.9. The van der Waals surface area contributed by atoms with Gasteiger partial charge in [0.05, 0.1) is 29.3 Å². The number of hydrogen-bond acceptors (Lipinski definition) is 7. The van der Waals surface area contributed by atoms with Crippen LogP contribution in [0.4, 0.5) is 5.13 Å². The van der Waals surface area contributed by atoms with Crippen molar-refractivity contribution in [2.75, 3.05) is 44.3 Å². The second kappa shape index (κ2) is 9.44. The summed E-state index contributed by atoms with van der Waals surface area (Å²) in [4.78, 5) is 38.7. The molecule has 4 rings (SSSR count). The van der Waals surface area contributed by atoms with Crippen LogP contribution in [0.1, 0.15) is 11.3 Å². The van der Waals surface area contributed by atoms with Crippen LogP contribution in [0.5, 0.6) is 0 Å². The lowest BCUT2D eigenvalue weighted by Crippen LogP contribution is -2.44. The maximum atomic E-state index is 13.3. The molecule has 1 saturated heterocycles. The number of carbonyl (C=O) groups is 1. The molecule has 0 aliphatic carbocycles. The summed E-state index contributed by atoms with van der Waals surface area (Å²) >= 11 is 7.72. The molecule has 164 valence electrons. The number of morpholine rings is 1. The van der Waals surface area contributed by atoms with Gasteiger partial charge < -0.3 is 4.74 Å². The zero-order valence-corrected chi connectivity index (χ0v) is 19.1. The highest BCUT2D eigenvalue weighted by Gasteiger charge is 2.23. The molecule has 0 N–H and O–H groups in total. The van der Waals surface area contributed by atoms with E-state index in [0.29, 0.717) is 53.2 Å². The number of benzene rings is 1. The van der Waals surface area contributed by atoms with Crippen molar-refractivity contribution in [1.82, 2.24) is 19.4 Å². The summed E-state index contributed by atoms with van der Waals surface area (Å²) in [5.74, 6) is -0.212. The Morgan fingerprint density at radius 1 is 1.29 bits per heavy atom. The summed E-state index contributed by atoms with van der Waals surface area (Å²) < 4.78 is 7.68. The lowest BCUT2D eigenvalue weighted by atomic mass is 10.3. The minimum Gasteiger partial charge on any atom is -0.379 e. The van der Waals surface area contributed by atoms with Crippen molar-refractivity contribution in [1.29, 1.82) is 0 Å². The average Bonchev–Trinajstić information content (AvgIpc) is 3.20. The number of para-hydroxylation sites is 1. The Morgan fingerprint density at radius 3 is 2.81 bits per heavy atom. The highest BCUT2D eigenvalue weighted by molar-refractivity contribution is 7.22. The molecular formula is C21H24ClN5O3S. The van der Waals surface area contributed by atoms with Crippen LogP contribution in [-0.4, -0.2) is 64.7 Å². The molecule has 1 aliphatic heterocycles. The van der Waals surface area contributed by atoms with Gasteiger partial charge in [0.2, 0.25) is 5.91 Å². The van der Waals surface area contributed by atoms with E-state index < -0.39 is 0 Å². The minimum absolute atomic E-state index is 0.0975. The van der Waals surface area contributed by atoms with Crippen molar-refractivity contribution in [3.63, 3.8) is 0 Å². The average molecular weight is 462 g/mol. The molecule has 10 heteroatoms. The smallest absolute Gasteiger partial charge is 0.256 e. The fraction of sp³-hybridized carbons (Fsp3) is 0.429. The van der Waals surface area contributed by atoms with Crippen LogP contribution in [0.15, 0.2) is 29.3 Å². The first-order chi connectivity index (χ1) is 14.9. The Balaban J connectivity index is 1.62. The molecule has 0 spiro atoms. The Labute approximate surface area is 189 Å². The van der Waals surface area contributed by atoms with Crippen LogP contribution in [0.2, 0.25) is 5.02 Å². The Morgan fingerprint density at radius 2 is 2.06 bits per heavy atom. The normalized spacial score (nSPS) is 14.8. The monoisotopic (exact) mass is 461 g/mol. The first-order valence-corrected chi connectivity index (χ1v) is 11.3. The molecule has 0 unspecified atom stereocenters. The highest BCUT2D eigenvalue weighted by Crippen LogP contribution is 2.33. The number of thiazole rings is 1. The molecule has 8 nitrogen and oxygen atoms in total. The van der Waals surface area contributed by atoms with E-state index >= 15 is 0 Å². The fourth-order valence-electron chi connectivity index (χ4n) is 3.43. The maximum Gasteiger partial charge on any atom is 0.256 e. The number of anilines is 1. The topological polar surface area (TPSA) is 80.6 Å². The Bertz CT molecular complexity index is 1160. The van der Waals surface area contributed by atoms with E-state index in [0.717, 1.165) is 17.8 Å². The predicted octanol–water partition coefficient (Wildman–Crippen LogP) is 2.49. The molecular weight excluding hydrogens is 438 g/mol. The fourth-order valence-corrected chi connectivity index (χ4v) is 4.74. The van der Waals surface area contributed by atoms with Gasteiger partial charge in [0, 0.05) is 37.4 Å². The molecule has 2 aromatic heterocycles. The molecule has 1 aromatic carbocycles. The third-order valence-corrected chi connectivity index (χ3v) is 6.80. The highest BCUT2D eigenvalue weighted by atomic mass is 35.5. The van der Waals surface area contributed by atoms with Gasteiger partial charge in [-0.3, -0.25) is 24.0 Å². The van der Waals surface area contributed by atoms with Crippen molar-refractivity contribution in [2.24, 2.45) is 0 Å². The second-order valence-corrected chi connectivity index (χ2v) is 8.89. The van der Waals surface area contributed by atoms with Crippen molar-refractivity contribution < 1.29 is 9.53 Å². The Hall–Kier alpha value is -2.33. The van der Waals surface area contributed by atoms with Crippen molar-refractivity contribution in [2.45, 2.75) is 20.4 Å². The van der Waals surface area contributed by atoms with Gasteiger partial charge in [-0.15, -0.1) is 0 Å². The minimum atomic E-state index is -0.212. The summed E-state index contributed by atoms with van der Waals surface area (Å²) in [5, 5.41) is 1.13. The molecule has 0 atom stereocenters. The van der Waals surface area contributed by atoms with Gasteiger partial charge in [-0.1, -0.05) is 29.0 Å². The zero-order valence-electron chi connectivity index (χ0n) is 17.5. The van der Waals surface area contributed by atoms with E-state index in [-0.39, 0.29) is 18.0 Å². The summed E-state index contributed by atoms with van der Waals surface area (Å²) in [5.41, 5.74) is 1.68. The number of halogens is 1. The third-order valence-electron chi connectivity index (χ3n) is 5.45. The molecule has 1 amide bonds.